The van der Waals surface area contributed by atoms with Crippen LogP contribution in [-0.2, 0) is 14.3 Å². The van der Waals surface area contributed by atoms with Gasteiger partial charge in [0.05, 0.1) is 37.3 Å². The molecule has 2 atom stereocenters. The van der Waals surface area contributed by atoms with Gasteiger partial charge in [0.25, 0.3) is 11.8 Å². The highest BCUT2D eigenvalue weighted by Gasteiger charge is 2.71. The van der Waals surface area contributed by atoms with Gasteiger partial charge in [-0.05, 0) is 36.8 Å². The fraction of sp³-hybridized carbons (Fsp3) is 0.304. The SMILES string of the molecule is CC1(C(F)(F)F)C(=O)N(c2cnc(C3COCCN3)cn2)C(=O)N1C(=O)/C=C/c1cc(F)cc(C(N)=O)c1. The number of hydrogen-bond donors (Lipinski definition) is 2. The number of rotatable bonds is 5. The van der Waals surface area contributed by atoms with Crippen LogP contribution in [0.1, 0.15) is 34.6 Å². The number of nitrogens with one attached hydrogen (secondary N) is 1. The Morgan fingerprint density at radius 2 is 1.95 bits per heavy atom. The van der Waals surface area contributed by atoms with Gasteiger partial charge in [0.2, 0.25) is 11.4 Å². The Bertz CT molecular complexity index is 1330. The highest BCUT2D eigenvalue weighted by molar-refractivity contribution is 6.28. The lowest BCUT2D eigenvalue weighted by Gasteiger charge is -2.31. The van der Waals surface area contributed by atoms with E-state index in [-0.39, 0.29) is 33.6 Å². The van der Waals surface area contributed by atoms with Gasteiger partial charge in [0.1, 0.15) is 5.82 Å². The van der Waals surface area contributed by atoms with Gasteiger partial charge < -0.3 is 15.8 Å². The van der Waals surface area contributed by atoms with E-state index in [1.165, 1.54) is 6.20 Å². The molecule has 1 aromatic carbocycles. The summed E-state index contributed by atoms with van der Waals surface area (Å²) in [5.41, 5.74) is 1.54. The lowest BCUT2D eigenvalue weighted by molar-refractivity contribution is -0.209. The monoisotopic (exact) mass is 536 g/mol. The number of urea groups is 1. The number of nitrogens with zero attached hydrogens (tertiary/aromatic N) is 4. The van der Waals surface area contributed by atoms with Gasteiger partial charge in [0, 0.05) is 18.2 Å². The third-order valence-electron chi connectivity index (χ3n) is 6.01. The average Bonchev–Trinajstić information content (AvgIpc) is 3.08. The predicted octanol–water partition coefficient (Wildman–Crippen LogP) is 1.71. The Hall–Kier alpha value is -4.24. The minimum Gasteiger partial charge on any atom is -0.378 e. The van der Waals surface area contributed by atoms with Crippen molar-refractivity contribution in [2.45, 2.75) is 24.7 Å². The molecule has 0 bridgehead atoms. The van der Waals surface area contributed by atoms with Crippen molar-refractivity contribution in [2.75, 3.05) is 24.7 Å². The van der Waals surface area contributed by atoms with Gasteiger partial charge in [-0.25, -0.2) is 24.0 Å². The van der Waals surface area contributed by atoms with Gasteiger partial charge in [-0.3, -0.25) is 19.4 Å². The molecular weight excluding hydrogens is 516 g/mol. The maximum atomic E-state index is 14.2. The number of anilines is 1. The lowest BCUT2D eigenvalue weighted by atomic mass is 9.99. The van der Waals surface area contributed by atoms with E-state index in [4.69, 9.17) is 10.5 Å². The fourth-order valence-corrected chi connectivity index (χ4v) is 3.93. The summed E-state index contributed by atoms with van der Waals surface area (Å²) in [4.78, 5) is 58.1. The van der Waals surface area contributed by atoms with Crippen LogP contribution in [0.5, 0.6) is 0 Å². The van der Waals surface area contributed by atoms with Crippen LogP contribution < -0.4 is 16.0 Å². The van der Waals surface area contributed by atoms with Crippen LogP contribution in [-0.4, -0.2) is 70.1 Å². The summed E-state index contributed by atoms with van der Waals surface area (Å²) in [7, 11) is 0. The summed E-state index contributed by atoms with van der Waals surface area (Å²) >= 11 is 0. The molecule has 2 aliphatic heterocycles. The first-order valence-corrected chi connectivity index (χ1v) is 11.1. The average molecular weight is 536 g/mol. The van der Waals surface area contributed by atoms with Gasteiger partial charge >= 0.3 is 12.2 Å². The lowest BCUT2D eigenvalue weighted by Crippen LogP contribution is -2.59. The van der Waals surface area contributed by atoms with Gasteiger partial charge in [0.15, 0.2) is 5.82 Å². The van der Waals surface area contributed by atoms with Crippen molar-refractivity contribution in [3.8, 4) is 0 Å². The number of primary amides is 1. The number of carbonyl (C=O) groups is 4. The number of nitrogens with two attached hydrogens (primary N) is 1. The summed E-state index contributed by atoms with van der Waals surface area (Å²) in [6.07, 6.45) is -1.82. The molecule has 5 amide bonds. The molecule has 0 saturated carbocycles. The van der Waals surface area contributed by atoms with Gasteiger partial charge in [-0.1, -0.05) is 0 Å². The van der Waals surface area contributed by atoms with E-state index >= 15 is 0 Å². The molecule has 200 valence electrons. The molecule has 2 unspecified atom stereocenters. The van der Waals surface area contributed by atoms with E-state index in [2.05, 4.69) is 15.3 Å². The minimum absolute atomic E-state index is 0.0996. The molecule has 38 heavy (non-hydrogen) atoms. The molecule has 11 nitrogen and oxygen atoms in total. The number of amides is 5. The minimum atomic E-state index is -5.37. The summed E-state index contributed by atoms with van der Waals surface area (Å²) in [5, 5.41) is 3.10. The quantitative estimate of drug-likeness (QED) is 0.334. The largest absolute Gasteiger partial charge is 0.421 e. The Kier molecular flexibility index (Phi) is 6.99. The van der Waals surface area contributed by atoms with Crippen LogP contribution in [0.25, 0.3) is 6.08 Å². The number of ether oxygens (including phenoxy) is 1. The van der Waals surface area contributed by atoms with E-state index in [1.54, 1.807) is 0 Å². The van der Waals surface area contributed by atoms with Crippen molar-refractivity contribution < 1.29 is 41.5 Å². The normalized spacial score (nSPS) is 22.4. The number of halogens is 4. The van der Waals surface area contributed by atoms with Gasteiger partial charge in [-0.15, -0.1) is 0 Å². The molecular formula is C23H20F4N6O5. The van der Waals surface area contributed by atoms with E-state index in [0.717, 1.165) is 30.5 Å². The summed E-state index contributed by atoms with van der Waals surface area (Å²) < 4.78 is 61.6. The smallest absolute Gasteiger partial charge is 0.378 e. The Morgan fingerprint density at radius 1 is 1.21 bits per heavy atom. The molecule has 0 aliphatic carbocycles. The van der Waals surface area contributed by atoms with Crippen LogP contribution in [0.2, 0.25) is 0 Å². The third kappa shape index (κ3) is 4.72. The molecule has 2 aliphatic rings. The zero-order valence-corrected chi connectivity index (χ0v) is 19.7. The molecule has 3 N–H and O–H groups in total. The summed E-state index contributed by atoms with van der Waals surface area (Å²) in [6, 6.07) is 0.836. The van der Waals surface area contributed by atoms with Crippen LogP contribution in [0.15, 0.2) is 36.7 Å². The number of hydrogen-bond acceptors (Lipinski definition) is 8. The van der Waals surface area contributed by atoms with Crippen molar-refractivity contribution in [2.24, 2.45) is 5.73 Å². The second kappa shape index (κ2) is 9.90. The molecule has 4 rings (SSSR count). The number of aromatic nitrogens is 2. The molecule has 1 aromatic heterocycles. The van der Waals surface area contributed by atoms with Crippen molar-refractivity contribution in [3.63, 3.8) is 0 Å². The Morgan fingerprint density at radius 3 is 2.53 bits per heavy atom. The van der Waals surface area contributed by atoms with E-state index < -0.39 is 47.1 Å². The van der Waals surface area contributed by atoms with Crippen LogP contribution in [0, 0.1) is 5.82 Å². The topological polar surface area (TPSA) is 148 Å². The van der Waals surface area contributed by atoms with Crippen LogP contribution in [0.3, 0.4) is 0 Å². The van der Waals surface area contributed by atoms with Crippen molar-refractivity contribution in [3.05, 3.63) is 59.3 Å². The molecule has 3 heterocycles. The Balaban J connectivity index is 1.66. The van der Waals surface area contributed by atoms with Crippen molar-refractivity contribution in [1.82, 2.24) is 20.2 Å². The number of morpholine rings is 1. The standard InChI is InChI=1S/C23H20F4N6O5/c1-22(23(25,26)27)20(36)32(17-10-30-15(9-31-17)16-11-38-5-4-29-16)21(37)33(22)18(34)3-2-12-6-13(19(28)35)8-14(24)7-12/h2-3,6-10,16,29H,4-5,11H2,1H3,(H2,28,35)/b3-2+. The number of imide groups is 2. The number of carbonyl (C=O) groups excluding carboxylic acids is 4. The molecule has 0 radical (unpaired) electrons. The first kappa shape index (κ1) is 26.8. The molecule has 15 heteroatoms. The van der Waals surface area contributed by atoms with Crippen LogP contribution in [0.4, 0.5) is 28.2 Å². The third-order valence-corrected chi connectivity index (χ3v) is 6.01. The predicted molar refractivity (Wildman–Crippen MR) is 122 cm³/mol. The molecule has 2 saturated heterocycles. The highest BCUT2D eigenvalue weighted by atomic mass is 19.4. The number of alkyl halides is 3. The molecule has 2 fully saturated rings. The van der Waals surface area contributed by atoms with Crippen molar-refractivity contribution in [1.29, 1.82) is 0 Å². The molecule has 2 aromatic rings. The summed E-state index contributed by atoms with van der Waals surface area (Å²) in [6.45, 7) is 1.67. The second-order valence-corrected chi connectivity index (χ2v) is 8.52. The number of benzene rings is 1. The van der Waals surface area contributed by atoms with Crippen molar-refractivity contribution >= 4 is 35.6 Å². The Labute approximate surface area is 212 Å². The first-order valence-electron chi connectivity index (χ1n) is 11.1. The summed E-state index contributed by atoms with van der Waals surface area (Å²) in [5.74, 6) is -5.69. The maximum Gasteiger partial charge on any atom is 0.421 e. The second-order valence-electron chi connectivity index (χ2n) is 8.52. The van der Waals surface area contributed by atoms with Gasteiger partial charge in [-0.2, -0.15) is 13.2 Å². The molecule has 0 spiro atoms. The zero-order chi connectivity index (χ0) is 27.8. The zero-order valence-electron chi connectivity index (χ0n) is 19.7. The van der Waals surface area contributed by atoms with Crippen LogP contribution >= 0.6 is 0 Å². The van der Waals surface area contributed by atoms with E-state index in [9.17, 15) is 36.7 Å². The maximum absolute atomic E-state index is 14.2. The first-order chi connectivity index (χ1) is 17.8. The van der Waals surface area contributed by atoms with E-state index in [0.29, 0.717) is 31.8 Å². The fourth-order valence-electron chi connectivity index (χ4n) is 3.93. The highest BCUT2D eigenvalue weighted by Crippen LogP contribution is 2.43. The van der Waals surface area contributed by atoms with E-state index in [1.807, 2.05) is 0 Å².